The molecule has 0 aliphatic carbocycles. The summed E-state index contributed by atoms with van der Waals surface area (Å²) >= 11 is 0. The Labute approximate surface area is 204 Å². The molecule has 182 valence electrons. The van der Waals surface area contributed by atoms with E-state index in [0.717, 1.165) is 24.3 Å². The first-order chi connectivity index (χ1) is 17.0. The van der Waals surface area contributed by atoms with Crippen molar-refractivity contribution in [3.05, 3.63) is 84.2 Å². The predicted octanol–water partition coefficient (Wildman–Crippen LogP) is 4.76. The zero-order valence-electron chi connectivity index (χ0n) is 19.7. The van der Waals surface area contributed by atoms with Gasteiger partial charge in [-0.2, -0.15) is 0 Å². The number of para-hydroxylation sites is 2. The second-order valence-corrected chi connectivity index (χ2v) is 8.23. The highest BCUT2D eigenvalue weighted by Gasteiger charge is 2.21. The van der Waals surface area contributed by atoms with Crippen molar-refractivity contribution in [2.45, 2.75) is 13.3 Å². The van der Waals surface area contributed by atoms with Crippen molar-refractivity contribution in [1.82, 2.24) is 4.90 Å². The van der Waals surface area contributed by atoms with E-state index in [-0.39, 0.29) is 24.2 Å². The maximum absolute atomic E-state index is 13.1. The number of hydrogen-bond donors (Lipinski definition) is 2. The van der Waals surface area contributed by atoms with Gasteiger partial charge in [-0.15, -0.1) is 0 Å². The summed E-state index contributed by atoms with van der Waals surface area (Å²) in [5.41, 5.74) is 3.12. The summed E-state index contributed by atoms with van der Waals surface area (Å²) in [4.78, 5) is 29.1. The Hall–Kier alpha value is -4.07. The molecule has 0 unspecified atom stereocenters. The van der Waals surface area contributed by atoms with Crippen molar-refractivity contribution in [3.8, 4) is 5.75 Å². The Morgan fingerprint density at radius 2 is 1.57 bits per heavy atom. The molecule has 8 heteroatoms. The van der Waals surface area contributed by atoms with Crippen LogP contribution in [0.3, 0.4) is 0 Å². The molecule has 1 saturated heterocycles. The van der Waals surface area contributed by atoms with E-state index in [2.05, 4.69) is 15.5 Å². The molecule has 0 bridgehead atoms. The normalized spacial score (nSPS) is 13.3. The molecule has 0 aromatic heterocycles. The Morgan fingerprint density at radius 1 is 0.886 bits per heavy atom. The van der Waals surface area contributed by atoms with Crippen LogP contribution in [-0.2, 0) is 11.2 Å². The lowest BCUT2D eigenvalue weighted by atomic mass is 10.1. The number of carbonyl (C=O) groups is 2. The van der Waals surface area contributed by atoms with Crippen LogP contribution >= 0.6 is 0 Å². The maximum Gasteiger partial charge on any atom is 0.323 e. The lowest BCUT2D eigenvalue weighted by Crippen LogP contribution is -2.49. The number of urea groups is 1. The highest BCUT2D eigenvalue weighted by atomic mass is 19.1. The number of hydrogen-bond acceptors (Lipinski definition) is 4. The van der Waals surface area contributed by atoms with Crippen LogP contribution in [0.25, 0.3) is 0 Å². The molecular weight excluding hydrogens is 447 g/mol. The van der Waals surface area contributed by atoms with Crippen molar-refractivity contribution >= 4 is 29.0 Å². The molecule has 0 saturated carbocycles. The number of nitrogens with zero attached hydrogens (tertiary/aromatic N) is 2. The average Bonchev–Trinajstić information content (AvgIpc) is 2.87. The minimum absolute atomic E-state index is 0.0488. The van der Waals surface area contributed by atoms with Gasteiger partial charge in [0, 0.05) is 37.6 Å². The van der Waals surface area contributed by atoms with Crippen LogP contribution in [0.15, 0.2) is 72.8 Å². The fourth-order valence-corrected chi connectivity index (χ4v) is 3.99. The first-order valence-corrected chi connectivity index (χ1v) is 11.7. The summed E-state index contributed by atoms with van der Waals surface area (Å²) in [6.45, 7) is 5.10. The van der Waals surface area contributed by atoms with Gasteiger partial charge in [-0.1, -0.05) is 24.3 Å². The summed E-state index contributed by atoms with van der Waals surface area (Å²) in [6, 6.07) is 20.6. The third kappa shape index (κ3) is 6.50. The van der Waals surface area contributed by atoms with Crippen LogP contribution in [0.4, 0.5) is 26.2 Å². The molecule has 1 aliphatic heterocycles. The average molecular weight is 477 g/mol. The molecule has 0 radical (unpaired) electrons. The number of nitrogens with one attached hydrogen (secondary N) is 2. The number of ether oxygens (including phenoxy) is 1. The highest BCUT2D eigenvalue weighted by molar-refractivity contribution is 6.00. The van der Waals surface area contributed by atoms with Gasteiger partial charge < -0.3 is 25.2 Å². The third-order valence-corrected chi connectivity index (χ3v) is 5.83. The van der Waals surface area contributed by atoms with E-state index in [1.165, 1.54) is 12.1 Å². The molecule has 4 rings (SSSR count). The third-order valence-electron chi connectivity index (χ3n) is 5.83. The number of anilines is 3. The van der Waals surface area contributed by atoms with Crippen LogP contribution in [0.5, 0.6) is 5.75 Å². The van der Waals surface area contributed by atoms with Crippen molar-refractivity contribution < 1.29 is 18.7 Å². The monoisotopic (exact) mass is 476 g/mol. The minimum Gasteiger partial charge on any atom is -0.492 e. The summed E-state index contributed by atoms with van der Waals surface area (Å²) in [7, 11) is 0. The molecule has 3 aromatic carbocycles. The number of benzene rings is 3. The van der Waals surface area contributed by atoms with Gasteiger partial charge in [0.2, 0.25) is 5.91 Å². The summed E-state index contributed by atoms with van der Waals surface area (Å²) in [5, 5.41) is 5.65. The SMILES string of the molecule is CCOc1ccccc1NC(=O)Nc1ccc(N2CCN(C(=O)Cc3ccc(F)cc3)CC2)cc1. The predicted molar refractivity (Wildman–Crippen MR) is 136 cm³/mol. The Kier molecular flexibility index (Phi) is 7.82. The van der Waals surface area contributed by atoms with E-state index in [4.69, 9.17) is 4.74 Å². The topological polar surface area (TPSA) is 73.9 Å². The molecule has 3 amide bonds. The number of piperazine rings is 1. The van der Waals surface area contributed by atoms with E-state index < -0.39 is 0 Å². The molecule has 2 N–H and O–H groups in total. The van der Waals surface area contributed by atoms with Crippen LogP contribution < -0.4 is 20.3 Å². The fraction of sp³-hybridized carbons (Fsp3) is 0.259. The largest absolute Gasteiger partial charge is 0.492 e. The highest BCUT2D eigenvalue weighted by Crippen LogP contribution is 2.24. The molecule has 0 atom stereocenters. The van der Waals surface area contributed by atoms with Crippen LogP contribution in [-0.4, -0.2) is 49.6 Å². The zero-order valence-corrected chi connectivity index (χ0v) is 19.7. The van der Waals surface area contributed by atoms with E-state index in [9.17, 15) is 14.0 Å². The number of rotatable bonds is 7. The molecule has 1 aliphatic rings. The second kappa shape index (κ2) is 11.4. The van der Waals surface area contributed by atoms with E-state index in [0.29, 0.717) is 36.8 Å². The maximum atomic E-state index is 13.1. The van der Waals surface area contributed by atoms with Gasteiger partial charge in [-0.25, -0.2) is 9.18 Å². The van der Waals surface area contributed by atoms with Crippen LogP contribution in [0.2, 0.25) is 0 Å². The Balaban J connectivity index is 1.26. The summed E-state index contributed by atoms with van der Waals surface area (Å²) in [5.74, 6) is 0.368. The first kappa shape index (κ1) is 24.1. The quantitative estimate of drug-likeness (QED) is 0.516. The lowest BCUT2D eigenvalue weighted by Gasteiger charge is -2.36. The van der Waals surface area contributed by atoms with Crippen LogP contribution in [0.1, 0.15) is 12.5 Å². The van der Waals surface area contributed by atoms with Gasteiger partial charge in [0.05, 0.1) is 18.7 Å². The summed E-state index contributed by atoms with van der Waals surface area (Å²) < 4.78 is 18.6. The second-order valence-electron chi connectivity index (χ2n) is 8.23. The van der Waals surface area contributed by atoms with E-state index in [1.807, 2.05) is 54.3 Å². The molecular formula is C27H29FN4O3. The number of halogens is 1. The van der Waals surface area contributed by atoms with Gasteiger partial charge in [0.15, 0.2) is 0 Å². The minimum atomic E-state index is -0.349. The first-order valence-electron chi connectivity index (χ1n) is 11.7. The lowest BCUT2D eigenvalue weighted by molar-refractivity contribution is -0.130. The standard InChI is InChI=1S/C27H29FN4O3/c1-2-35-25-6-4-3-5-24(25)30-27(34)29-22-11-13-23(14-12-22)31-15-17-32(18-16-31)26(33)19-20-7-9-21(28)10-8-20/h3-14H,2,15-19H2,1H3,(H2,29,30,34). The van der Waals surface area contributed by atoms with E-state index in [1.54, 1.807) is 18.2 Å². The molecule has 35 heavy (non-hydrogen) atoms. The van der Waals surface area contributed by atoms with Gasteiger partial charge in [0.1, 0.15) is 11.6 Å². The fourth-order valence-electron chi connectivity index (χ4n) is 3.99. The summed E-state index contributed by atoms with van der Waals surface area (Å²) in [6.07, 6.45) is 0.276. The van der Waals surface area contributed by atoms with Gasteiger partial charge in [-0.3, -0.25) is 4.79 Å². The molecule has 3 aromatic rings. The smallest absolute Gasteiger partial charge is 0.323 e. The van der Waals surface area contributed by atoms with Gasteiger partial charge >= 0.3 is 6.03 Å². The molecule has 1 fully saturated rings. The van der Waals surface area contributed by atoms with Crippen molar-refractivity contribution in [1.29, 1.82) is 0 Å². The molecule has 7 nitrogen and oxygen atoms in total. The number of amides is 3. The van der Waals surface area contributed by atoms with Crippen molar-refractivity contribution in [3.63, 3.8) is 0 Å². The van der Waals surface area contributed by atoms with Crippen molar-refractivity contribution in [2.75, 3.05) is 48.3 Å². The molecule has 0 spiro atoms. The van der Waals surface area contributed by atoms with E-state index >= 15 is 0 Å². The molecule has 1 heterocycles. The van der Waals surface area contributed by atoms with Crippen molar-refractivity contribution in [2.24, 2.45) is 0 Å². The van der Waals surface area contributed by atoms with Gasteiger partial charge in [-0.05, 0) is 61.0 Å². The number of carbonyl (C=O) groups excluding carboxylic acids is 2. The van der Waals surface area contributed by atoms with Gasteiger partial charge in [0.25, 0.3) is 0 Å². The Morgan fingerprint density at radius 3 is 2.26 bits per heavy atom. The zero-order chi connectivity index (χ0) is 24.6. The van der Waals surface area contributed by atoms with Crippen LogP contribution in [0, 0.1) is 5.82 Å². The Bertz CT molecular complexity index is 1140.